The number of rotatable bonds is 0. The van der Waals surface area contributed by atoms with Crippen molar-refractivity contribution in [3.63, 3.8) is 0 Å². The van der Waals surface area contributed by atoms with E-state index in [1.54, 1.807) is 0 Å². The zero-order valence-electron chi connectivity index (χ0n) is 7.37. The first-order valence-electron chi connectivity index (χ1n) is 4.12. The van der Waals surface area contributed by atoms with E-state index in [1.807, 2.05) is 25.1 Å². The van der Waals surface area contributed by atoms with Crippen molar-refractivity contribution in [1.29, 1.82) is 0 Å². The second-order valence-corrected chi connectivity index (χ2v) is 5.16. The number of nitrogens with one attached hydrogen (secondary N) is 1. The Morgan fingerprint density at radius 1 is 1.31 bits per heavy atom. The van der Waals surface area contributed by atoms with Crippen LogP contribution in [-0.4, -0.2) is 8.42 Å². The quantitative estimate of drug-likeness (QED) is 0.672. The van der Waals surface area contributed by atoms with E-state index in [9.17, 15) is 8.42 Å². The summed E-state index contributed by atoms with van der Waals surface area (Å²) in [5.74, 6) is 0.114. The van der Waals surface area contributed by atoms with Crippen molar-refractivity contribution in [2.75, 3.05) is 0 Å². The van der Waals surface area contributed by atoms with Crippen LogP contribution in [0.3, 0.4) is 0 Å². The van der Waals surface area contributed by atoms with Crippen LogP contribution < -0.4 is 4.72 Å². The molecular formula is C9H11NO2S. The van der Waals surface area contributed by atoms with Crippen LogP contribution in [0.4, 0.5) is 0 Å². The molecule has 1 aliphatic rings. The first kappa shape index (κ1) is 8.72. The second-order valence-electron chi connectivity index (χ2n) is 3.35. The Hall–Kier alpha value is -0.870. The second kappa shape index (κ2) is 2.82. The molecule has 0 aromatic heterocycles. The van der Waals surface area contributed by atoms with Gasteiger partial charge in [-0.2, -0.15) is 0 Å². The maximum Gasteiger partial charge on any atom is 0.216 e. The molecule has 0 amide bonds. The molecule has 0 fully saturated rings. The zero-order chi connectivity index (χ0) is 9.47. The summed E-state index contributed by atoms with van der Waals surface area (Å²) in [6, 6.07) is 5.86. The van der Waals surface area contributed by atoms with Gasteiger partial charge in [-0.05, 0) is 18.1 Å². The van der Waals surface area contributed by atoms with Crippen LogP contribution >= 0.6 is 0 Å². The van der Waals surface area contributed by atoms with Crippen molar-refractivity contribution in [2.24, 2.45) is 0 Å². The normalized spacial score (nSPS) is 19.5. The smallest absolute Gasteiger partial charge is 0.212 e. The van der Waals surface area contributed by atoms with Crippen molar-refractivity contribution in [2.45, 2.75) is 19.2 Å². The number of aryl methyl sites for hydroxylation is 1. The summed E-state index contributed by atoms with van der Waals surface area (Å²) in [5, 5.41) is 0. The Morgan fingerprint density at radius 3 is 2.85 bits per heavy atom. The van der Waals surface area contributed by atoms with Crippen LogP contribution in [0.25, 0.3) is 0 Å². The van der Waals surface area contributed by atoms with E-state index >= 15 is 0 Å². The highest BCUT2D eigenvalue weighted by atomic mass is 32.2. The minimum atomic E-state index is -3.06. The Labute approximate surface area is 77.8 Å². The summed E-state index contributed by atoms with van der Waals surface area (Å²) < 4.78 is 24.9. The minimum Gasteiger partial charge on any atom is -0.212 e. The van der Waals surface area contributed by atoms with Crippen molar-refractivity contribution < 1.29 is 8.42 Å². The molecule has 0 spiro atoms. The Morgan fingerprint density at radius 2 is 2.08 bits per heavy atom. The van der Waals surface area contributed by atoms with Crippen molar-refractivity contribution in [1.82, 2.24) is 4.72 Å². The van der Waals surface area contributed by atoms with E-state index in [1.165, 1.54) is 5.56 Å². The molecule has 1 heterocycles. The van der Waals surface area contributed by atoms with Gasteiger partial charge in [-0.1, -0.05) is 23.8 Å². The average Bonchev–Trinajstić information content (AvgIpc) is 2.05. The van der Waals surface area contributed by atoms with Gasteiger partial charge in [0, 0.05) is 6.54 Å². The highest BCUT2D eigenvalue weighted by Crippen LogP contribution is 2.18. The predicted octanol–water partition coefficient (Wildman–Crippen LogP) is 0.928. The molecule has 0 atom stereocenters. The molecule has 4 heteroatoms. The summed E-state index contributed by atoms with van der Waals surface area (Å²) in [6.45, 7) is 2.43. The van der Waals surface area contributed by atoms with Gasteiger partial charge in [0.05, 0.1) is 5.75 Å². The Kier molecular flexibility index (Phi) is 1.89. The van der Waals surface area contributed by atoms with Gasteiger partial charge >= 0.3 is 0 Å². The largest absolute Gasteiger partial charge is 0.216 e. The third kappa shape index (κ3) is 1.73. The van der Waals surface area contributed by atoms with Crippen LogP contribution in [0, 0.1) is 6.92 Å². The molecule has 13 heavy (non-hydrogen) atoms. The van der Waals surface area contributed by atoms with E-state index in [4.69, 9.17) is 0 Å². The molecule has 1 N–H and O–H groups in total. The highest BCUT2D eigenvalue weighted by Gasteiger charge is 2.19. The molecule has 0 aliphatic carbocycles. The average molecular weight is 197 g/mol. The van der Waals surface area contributed by atoms with Gasteiger partial charge < -0.3 is 0 Å². The lowest BCUT2D eigenvalue weighted by Gasteiger charge is -2.17. The number of hydrogen-bond donors (Lipinski definition) is 1. The molecule has 0 saturated carbocycles. The topological polar surface area (TPSA) is 46.2 Å². The van der Waals surface area contributed by atoms with E-state index in [-0.39, 0.29) is 5.75 Å². The van der Waals surface area contributed by atoms with Crippen LogP contribution in [0.1, 0.15) is 16.7 Å². The summed E-state index contributed by atoms with van der Waals surface area (Å²) in [4.78, 5) is 0. The number of fused-ring (bicyclic) bond motifs is 1. The van der Waals surface area contributed by atoms with Gasteiger partial charge in [0.15, 0.2) is 0 Å². The van der Waals surface area contributed by atoms with E-state index in [0.29, 0.717) is 6.54 Å². The van der Waals surface area contributed by atoms with Crippen LogP contribution in [0.5, 0.6) is 0 Å². The van der Waals surface area contributed by atoms with Gasteiger partial charge in [0.25, 0.3) is 0 Å². The van der Waals surface area contributed by atoms with Crippen molar-refractivity contribution in [3.05, 3.63) is 34.9 Å². The standard InChI is InChI=1S/C9H11NO2S/c1-7-2-3-8-6-13(11,12)10-5-9(8)4-7/h2-4,10H,5-6H2,1H3. The van der Waals surface area contributed by atoms with Gasteiger partial charge in [-0.3, -0.25) is 0 Å². The third-order valence-corrected chi connectivity index (χ3v) is 3.47. The molecule has 0 unspecified atom stereocenters. The molecule has 0 radical (unpaired) electrons. The van der Waals surface area contributed by atoms with E-state index in [0.717, 1.165) is 11.1 Å². The molecule has 3 nitrogen and oxygen atoms in total. The van der Waals surface area contributed by atoms with Crippen LogP contribution in [0.15, 0.2) is 18.2 Å². The summed E-state index contributed by atoms with van der Waals surface area (Å²) in [5.41, 5.74) is 3.18. The Balaban J connectivity index is 2.48. The lowest BCUT2D eigenvalue weighted by atomic mass is 10.1. The fraction of sp³-hybridized carbons (Fsp3) is 0.333. The molecule has 70 valence electrons. The van der Waals surface area contributed by atoms with Gasteiger partial charge in [0.1, 0.15) is 0 Å². The minimum absolute atomic E-state index is 0.114. The molecule has 1 aliphatic heterocycles. The maximum absolute atomic E-state index is 11.2. The van der Waals surface area contributed by atoms with Gasteiger partial charge in [0.2, 0.25) is 10.0 Å². The summed E-state index contributed by atoms with van der Waals surface area (Å²) in [6.07, 6.45) is 0. The lowest BCUT2D eigenvalue weighted by molar-refractivity contribution is 0.575. The molecular weight excluding hydrogens is 186 g/mol. The molecule has 0 bridgehead atoms. The number of sulfonamides is 1. The summed E-state index contributed by atoms with van der Waals surface area (Å²) in [7, 11) is -3.06. The SMILES string of the molecule is Cc1ccc2c(c1)CNS(=O)(=O)C2. The van der Waals surface area contributed by atoms with Crippen molar-refractivity contribution in [3.8, 4) is 0 Å². The maximum atomic E-state index is 11.2. The molecule has 1 aromatic rings. The highest BCUT2D eigenvalue weighted by molar-refractivity contribution is 7.88. The third-order valence-electron chi connectivity index (χ3n) is 2.19. The van der Waals surface area contributed by atoms with Gasteiger partial charge in [-0.25, -0.2) is 13.1 Å². The fourth-order valence-electron chi connectivity index (χ4n) is 1.50. The molecule has 1 aromatic carbocycles. The predicted molar refractivity (Wildman–Crippen MR) is 50.6 cm³/mol. The fourth-order valence-corrected chi connectivity index (χ4v) is 2.67. The number of hydrogen-bond acceptors (Lipinski definition) is 2. The van der Waals surface area contributed by atoms with Gasteiger partial charge in [-0.15, -0.1) is 0 Å². The first-order valence-corrected chi connectivity index (χ1v) is 5.78. The molecule has 0 saturated heterocycles. The summed E-state index contributed by atoms with van der Waals surface area (Å²) >= 11 is 0. The van der Waals surface area contributed by atoms with E-state index < -0.39 is 10.0 Å². The monoisotopic (exact) mass is 197 g/mol. The number of benzene rings is 1. The molecule has 2 rings (SSSR count). The Bertz CT molecular complexity index is 437. The zero-order valence-corrected chi connectivity index (χ0v) is 8.19. The van der Waals surface area contributed by atoms with Crippen LogP contribution in [-0.2, 0) is 22.3 Å². The lowest BCUT2D eigenvalue weighted by Crippen LogP contribution is -2.30. The first-order chi connectivity index (χ1) is 6.07. The van der Waals surface area contributed by atoms with E-state index in [2.05, 4.69) is 4.72 Å². The van der Waals surface area contributed by atoms with Crippen LogP contribution in [0.2, 0.25) is 0 Å². The van der Waals surface area contributed by atoms with Crippen molar-refractivity contribution >= 4 is 10.0 Å².